The molecule has 0 bridgehead atoms. The topological polar surface area (TPSA) is 3.24 Å². The second-order valence-electron chi connectivity index (χ2n) is 15.9. The van der Waals surface area contributed by atoms with Crippen molar-refractivity contribution in [1.82, 2.24) is 0 Å². The zero-order valence-electron chi connectivity index (χ0n) is 32.3. The second-order valence-corrected chi connectivity index (χ2v) is 15.9. The lowest BCUT2D eigenvalue weighted by Crippen LogP contribution is -2.17. The molecule has 0 saturated carbocycles. The zero-order chi connectivity index (χ0) is 38.0. The van der Waals surface area contributed by atoms with E-state index in [0.29, 0.717) is 0 Å². The molecule has 10 rings (SSSR count). The Balaban J connectivity index is 1.10. The predicted molar refractivity (Wildman–Crippen MR) is 239 cm³/mol. The van der Waals surface area contributed by atoms with Crippen molar-refractivity contribution in [3.8, 4) is 44.5 Å². The molecule has 268 valence electrons. The summed E-state index contributed by atoms with van der Waals surface area (Å²) in [7, 11) is 0. The van der Waals surface area contributed by atoms with Crippen LogP contribution in [-0.2, 0) is 5.41 Å². The number of fused-ring (bicyclic) bond motifs is 6. The molecule has 0 amide bonds. The van der Waals surface area contributed by atoms with Crippen LogP contribution in [0.15, 0.2) is 188 Å². The summed E-state index contributed by atoms with van der Waals surface area (Å²) in [6, 6.07) is 69.3. The van der Waals surface area contributed by atoms with Gasteiger partial charge in [-0.05, 0) is 145 Å². The van der Waals surface area contributed by atoms with Gasteiger partial charge in [0.2, 0.25) is 0 Å². The molecule has 0 saturated heterocycles. The van der Waals surface area contributed by atoms with E-state index >= 15 is 0 Å². The third-order valence-electron chi connectivity index (χ3n) is 12.1. The standard InChI is InChI=1S/C55H43N/c1-36-32-43(51-34-42-16-8-9-17-46(42)47-18-10-11-19-48(47)51)33-37(2)54(36)56(45-30-31-50-49-20-12-13-21-52(49)55(3,4)53(50)35-45)44-28-26-41(27-29-44)40-24-22-39(23-25-40)38-14-6-5-7-15-38/h5-35H,1-4H3. The van der Waals surface area contributed by atoms with Gasteiger partial charge in [0.1, 0.15) is 0 Å². The van der Waals surface area contributed by atoms with Gasteiger partial charge in [0.25, 0.3) is 0 Å². The molecule has 0 aliphatic heterocycles. The average Bonchev–Trinajstić information content (AvgIpc) is 3.47. The first kappa shape index (κ1) is 33.8. The highest BCUT2D eigenvalue weighted by Gasteiger charge is 2.36. The summed E-state index contributed by atoms with van der Waals surface area (Å²) in [6.45, 7) is 9.28. The average molecular weight is 718 g/mol. The summed E-state index contributed by atoms with van der Waals surface area (Å²) in [4.78, 5) is 2.48. The fraction of sp³-hybridized carbons (Fsp3) is 0.0909. The molecular formula is C55H43N. The monoisotopic (exact) mass is 717 g/mol. The van der Waals surface area contributed by atoms with Crippen LogP contribution in [0.2, 0.25) is 0 Å². The van der Waals surface area contributed by atoms with Gasteiger partial charge in [0, 0.05) is 16.8 Å². The van der Waals surface area contributed by atoms with Crippen LogP contribution >= 0.6 is 0 Å². The normalized spacial score (nSPS) is 12.8. The number of hydrogen-bond acceptors (Lipinski definition) is 1. The summed E-state index contributed by atoms with van der Waals surface area (Å²) in [5.74, 6) is 0. The Kier molecular flexibility index (Phi) is 8.01. The van der Waals surface area contributed by atoms with E-state index in [0.717, 1.165) is 5.69 Å². The molecule has 0 N–H and O–H groups in total. The maximum atomic E-state index is 2.48. The minimum atomic E-state index is -0.103. The number of hydrogen-bond donors (Lipinski definition) is 0. The molecule has 9 aromatic carbocycles. The van der Waals surface area contributed by atoms with Crippen LogP contribution in [-0.4, -0.2) is 0 Å². The van der Waals surface area contributed by atoms with E-state index in [1.54, 1.807) is 0 Å². The highest BCUT2D eigenvalue weighted by molar-refractivity contribution is 6.14. The van der Waals surface area contributed by atoms with Gasteiger partial charge >= 0.3 is 0 Å². The van der Waals surface area contributed by atoms with E-state index in [2.05, 4.69) is 221 Å². The van der Waals surface area contributed by atoms with E-state index in [9.17, 15) is 0 Å². The van der Waals surface area contributed by atoms with Crippen LogP contribution < -0.4 is 4.90 Å². The molecule has 0 fully saturated rings. The van der Waals surface area contributed by atoms with Gasteiger partial charge in [-0.2, -0.15) is 0 Å². The zero-order valence-corrected chi connectivity index (χ0v) is 32.3. The van der Waals surface area contributed by atoms with Crippen molar-refractivity contribution < 1.29 is 0 Å². The fourth-order valence-corrected chi connectivity index (χ4v) is 9.28. The molecule has 1 nitrogen and oxygen atoms in total. The Labute approximate surface area is 330 Å². The molecule has 0 radical (unpaired) electrons. The molecule has 9 aromatic rings. The van der Waals surface area contributed by atoms with E-state index in [1.165, 1.54) is 99.7 Å². The highest BCUT2D eigenvalue weighted by Crippen LogP contribution is 2.51. The Hall–Kier alpha value is -6.70. The third-order valence-corrected chi connectivity index (χ3v) is 12.1. The molecule has 0 unspecified atom stereocenters. The van der Waals surface area contributed by atoms with Gasteiger partial charge in [0.15, 0.2) is 0 Å². The first-order valence-electron chi connectivity index (χ1n) is 19.7. The summed E-state index contributed by atoms with van der Waals surface area (Å²) >= 11 is 0. The van der Waals surface area contributed by atoms with Crippen molar-refractivity contribution in [2.45, 2.75) is 33.1 Å². The SMILES string of the molecule is Cc1cc(-c2cc3ccccc3c3ccccc23)cc(C)c1N(c1ccc(-c2ccc(-c3ccccc3)cc2)cc1)c1ccc2c(c1)C(C)(C)c1ccccc1-2. The first-order chi connectivity index (χ1) is 27.3. The van der Waals surface area contributed by atoms with Crippen molar-refractivity contribution in [3.63, 3.8) is 0 Å². The van der Waals surface area contributed by atoms with Gasteiger partial charge in [-0.25, -0.2) is 0 Å². The Bertz CT molecular complexity index is 2910. The van der Waals surface area contributed by atoms with Gasteiger partial charge < -0.3 is 4.90 Å². The molecule has 1 heteroatoms. The van der Waals surface area contributed by atoms with Crippen LogP contribution in [0.25, 0.3) is 66.1 Å². The number of anilines is 3. The van der Waals surface area contributed by atoms with Crippen LogP contribution in [0.4, 0.5) is 17.1 Å². The van der Waals surface area contributed by atoms with E-state index in [4.69, 9.17) is 0 Å². The highest BCUT2D eigenvalue weighted by atomic mass is 15.1. The number of nitrogens with zero attached hydrogens (tertiary/aromatic N) is 1. The quantitative estimate of drug-likeness (QED) is 0.155. The van der Waals surface area contributed by atoms with Crippen LogP contribution in [0, 0.1) is 13.8 Å². The minimum absolute atomic E-state index is 0.103. The Morgan fingerprint density at radius 3 is 1.57 bits per heavy atom. The molecule has 0 atom stereocenters. The van der Waals surface area contributed by atoms with Gasteiger partial charge in [0.05, 0.1) is 5.69 Å². The molecule has 0 aromatic heterocycles. The van der Waals surface area contributed by atoms with E-state index < -0.39 is 0 Å². The van der Waals surface area contributed by atoms with Crippen molar-refractivity contribution >= 4 is 38.6 Å². The summed E-state index contributed by atoms with van der Waals surface area (Å²) < 4.78 is 0. The van der Waals surface area contributed by atoms with Crippen molar-refractivity contribution in [2.24, 2.45) is 0 Å². The van der Waals surface area contributed by atoms with Crippen LogP contribution in [0.3, 0.4) is 0 Å². The van der Waals surface area contributed by atoms with Crippen LogP contribution in [0.5, 0.6) is 0 Å². The summed E-state index contributed by atoms with van der Waals surface area (Å²) in [5, 5.41) is 5.12. The molecular weight excluding hydrogens is 675 g/mol. The molecule has 0 spiro atoms. The Morgan fingerprint density at radius 2 is 0.875 bits per heavy atom. The molecule has 1 aliphatic carbocycles. The van der Waals surface area contributed by atoms with Crippen LogP contribution in [0.1, 0.15) is 36.1 Å². The third kappa shape index (κ3) is 5.54. The van der Waals surface area contributed by atoms with Gasteiger partial charge in [-0.1, -0.05) is 159 Å². The van der Waals surface area contributed by atoms with Crippen molar-refractivity contribution in [2.75, 3.05) is 4.90 Å². The van der Waals surface area contributed by atoms with Gasteiger partial charge in [-0.15, -0.1) is 0 Å². The lowest BCUT2D eigenvalue weighted by atomic mass is 9.82. The number of aryl methyl sites for hydroxylation is 2. The molecule has 1 aliphatic rings. The summed E-state index contributed by atoms with van der Waals surface area (Å²) in [5.41, 5.74) is 18.7. The lowest BCUT2D eigenvalue weighted by Gasteiger charge is -2.31. The lowest BCUT2D eigenvalue weighted by molar-refractivity contribution is 0.660. The smallest absolute Gasteiger partial charge is 0.0520 e. The molecule has 0 heterocycles. The number of benzene rings is 9. The maximum absolute atomic E-state index is 2.48. The fourth-order valence-electron chi connectivity index (χ4n) is 9.28. The predicted octanol–water partition coefficient (Wildman–Crippen LogP) is 15.4. The number of rotatable bonds is 6. The van der Waals surface area contributed by atoms with Crippen molar-refractivity contribution in [3.05, 3.63) is 210 Å². The minimum Gasteiger partial charge on any atom is -0.310 e. The van der Waals surface area contributed by atoms with E-state index in [-0.39, 0.29) is 5.41 Å². The molecule has 56 heavy (non-hydrogen) atoms. The first-order valence-corrected chi connectivity index (χ1v) is 19.7. The Morgan fingerprint density at radius 1 is 0.357 bits per heavy atom. The maximum Gasteiger partial charge on any atom is 0.0520 e. The summed E-state index contributed by atoms with van der Waals surface area (Å²) in [6.07, 6.45) is 0. The second kappa shape index (κ2) is 13.3. The van der Waals surface area contributed by atoms with Crippen molar-refractivity contribution in [1.29, 1.82) is 0 Å². The van der Waals surface area contributed by atoms with Gasteiger partial charge in [-0.3, -0.25) is 0 Å². The largest absolute Gasteiger partial charge is 0.310 e. The van der Waals surface area contributed by atoms with E-state index in [1.807, 2.05) is 0 Å².